The molecule has 1 aromatic rings. The molecule has 18 heavy (non-hydrogen) atoms. The van der Waals surface area contributed by atoms with Crippen molar-refractivity contribution in [1.29, 1.82) is 0 Å². The summed E-state index contributed by atoms with van der Waals surface area (Å²) in [6, 6.07) is 8.38. The molecule has 0 spiro atoms. The number of carbonyl (C=O) groups is 1. The summed E-state index contributed by atoms with van der Waals surface area (Å²) in [5.41, 5.74) is 2.53. The summed E-state index contributed by atoms with van der Waals surface area (Å²) < 4.78 is 0. The maximum Gasteiger partial charge on any atom is 0.232 e. The summed E-state index contributed by atoms with van der Waals surface area (Å²) in [7, 11) is 0. The van der Waals surface area contributed by atoms with Gasteiger partial charge in [0.15, 0.2) is 0 Å². The highest BCUT2D eigenvalue weighted by Gasteiger charge is 2.29. The molecule has 1 aromatic carbocycles. The van der Waals surface area contributed by atoms with Crippen LogP contribution >= 0.6 is 11.8 Å². The molecule has 0 aromatic heterocycles. The van der Waals surface area contributed by atoms with E-state index in [9.17, 15) is 4.79 Å². The van der Waals surface area contributed by atoms with E-state index in [0.717, 1.165) is 18.8 Å². The molecule has 0 radical (unpaired) electrons. The lowest BCUT2D eigenvalue weighted by molar-refractivity contribution is -0.135. The van der Waals surface area contributed by atoms with Crippen LogP contribution in [0.15, 0.2) is 24.3 Å². The number of benzene rings is 1. The zero-order chi connectivity index (χ0) is 13.0. The number of aliphatic hydroxyl groups excluding tert-OH is 1. The van der Waals surface area contributed by atoms with E-state index in [0.29, 0.717) is 11.7 Å². The van der Waals surface area contributed by atoms with Crippen molar-refractivity contribution >= 4 is 17.7 Å². The van der Waals surface area contributed by atoms with Crippen molar-refractivity contribution in [2.24, 2.45) is 5.92 Å². The predicted molar refractivity (Wildman–Crippen MR) is 74.5 cm³/mol. The third-order valence-corrected chi connectivity index (χ3v) is 4.13. The Morgan fingerprint density at radius 1 is 1.50 bits per heavy atom. The first-order valence-corrected chi connectivity index (χ1v) is 7.36. The van der Waals surface area contributed by atoms with Gasteiger partial charge in [-0.3, -0.25) is 4.79 Å². The molecule has 1 amide bonds. The second-order valence-electron chi connectivity index (χ2n) is 4.83. The molecule has 4 heteroatoms. The number of amides is 1. The summed E-state index contributed by atoms with van der Waals surface area (Å²) in [6.45, 7) is 3.72. The van der Waals surface area contributed by atoms with Crippen LogP contribution in [0.1, 0.15) is 11.1 Å². The molecule has 1 saturated heterocycles. The van der Waals surface area contributed by atoms with Gasteiger partial charge in [0.1, 0.15) is 0 Å². The van der Waals surface area contributed by atoms with Crippen molar-refractivity contribution in [1.82, 2.24) is 4.90 Å². The van der Waals surface area contributed by atoms with Gasteiger partial charge in [-0.25, -0.2) is 0 Å². The van der Waals surface area contributed by atoms with E-state index in [2.05, 4.69) is 25.1 Å². The zero-order valence-corrected chi connectivity index (χ0v) is 11.4. The van der Waals surface area contributed by atoms with Gasteiger partial charge >= 0.3 is 0 Å². The quantitative estimate of drug-likeness (QED) is 0.880. The first-order chi connectivity index (χ1) is 8.69. The highest BCUT2D eigenvalue weighted by molar-refractivity contribution is 7.99. The van der Waals surface area contributed by atoms with E-state index < -0.39 is 0 Å². The number of hydrogen-bond donors (Lipinski definition) is 1. The van der Waals surface area contributed by atoms with Crippen molar-refractivity contribution in [2.75, 3.05) is 25.4 Å². The average Bonchev–Trinajstić information content (AvgIpc) is 2.27. The fraction of sp³-hybridized carbons (Fsp3) is 0.500. The van der Waals surface area contributed by atoms with Crippen LogP contribution in [0.5, 0.6) is 0 Å². The molecule has 3 nitrogen and oxygen atoms in total. The molecule has 1 N–H and O–H groups in total. The van der Waals surface area contributed by atoms with Gasteiger partial charge in [0.05, 0.1) is 5.75 Å². The summed E-state index contributed by atoms with van der Waals surface area (Å²) in [5, 5.41) is 8.89. The lowest BCUT2D eigenvalue weighted by atomic mass is 10.0. The van der Waals surface area contributed by atoms with E-state index in [-0.39, 0.29) is 12.5 Å². The van der Waals surface area contributed by atoms with Gasteiger partial charge in [0, 0.05) is 31.4 Å². The first kappa shape index (κ1) is 13.4. The Bertz CT molecular complexity index is 416. The summed E-state index contributed by atoms with van der Waals surface area (Å²) in [6.07, 6.45) is 0. The van der Waals surface area contributed by atoms with E-state index in [4.69, 9.17) is 5.11 Å². The van der Waals surface area contributed by atoms with Gasteiger partial charge in [-0.2, -0.15) is 0 Å². The molecule has 0 atom stereocenters. The number of likely N-dealkylation sites (tertiary alicyclic amines) is 1. The van der Waals surface area contributed by atoms with Gasteiger partial charge < -0.3 is 10.0 Å². The van der Waals surface area contributed by atoms with Crippen LogP contribution in [-0.4, -0.2) is 41.4 Å². The Morgan fingerprint density at radius 3 is 2.94 bits per heavy atom. The number of aliphatic hydroxyl groups is 1. The van der Waals surface area contributed by atoms with Gasteiger partial charge in [-0.15, -0.1) is 11.8 Å². The Hall–Kier alpha value is -1.00. The first-order valence-electron chi connectivity index (χ1n) is 6.21. The molecule has 0 unspecified atom stereocenters. The highest BCUT2D eigenvalue weighted by atomic mass is 32.2. The third kappa shape index (κ3) is 3.50. The molecule has 1 heterocycles. The zero-order valence-electron chi connectivity index (χ0n) is 10.6. The fourth-order valence-corrected chi connectivity index (χ4v) is 2.91. The van der Waals surface area contributed by atoms with Crippen LogP contribution in [0.4, 0.5) is 0 Å². The minimum Gasteiger partial charge on any atom is -0.396 e. The van der Waals surface area contributed by atoms with Crippen LogP contribution in [0.3, 0.4) is 0 Å². The summed E-state index contributed by atoms with van der Waals surface area (Å²) in [5.74, 6) is 1.91. The monoisotopic (exact) mass is 265 g/mol. The second kappa shape index (κ2) is 6.25. The van der Waals surface area contributed by atoms with Crippen molar-refractivity contribution in [3.8, 4) is 0 Å². The van der Waals surface area contributed by atoms with Crippen molar-refractivity contribution in [3.63, 3.8) is 0 Å². The molecule has 2 rings (SSSR count). The number of aryl methyl sites for hydroxylation is 1. The minimum atomic E-state index is 0.192. The topological polar surface area (TPSA) is 40.5 Å². The van der Waals surface area contributed by atoms with Gasteiger partial charge in [-0.05, 0) is 12.5 Å². The van der Waals surface area contributed by atoms with Crippen LogP contribution < -0.4 is 0 Å². The Morgan fingerprint density at radius 2 is 2.28 bits per heavy atom. The van der Waals surface area contributed by atoms with Crippen LogP contribution in [-0.2, 0) is 10.5 Å². The molecule has 0 aliphatic carbocycles. The Balaban J connectivity index is 1.68. The molecular weight excluding hydrogens is 246 g/mol. The summed E-state index contributed by atoms with van der Waals surface area (Å²) in [4.78, 5) is 13.6. The number of hydrogen-bond acceptors (Lipinski definition) is 3. The molecule has 0 bridgehead atoms. The third-order valence-electron chi connectivity index (χ3n) is 3.14. The summed E-state index contributed by atoms with van der Waals surface area (Å²) >= 11 is 1.66. The van der Waals surface area contributed by atoms with Crippen molar-refractivity contribution < 1.29 is 9.90 Å². The molecule has 0 saturated carbocycles. The largest absolute Gasteiger partial charge is 0.396 e. The van der Waals surface area contributed by atoms with E-state index in [1.54, 1.807) is 11.8 Å². The number of carbonyl (C=O) groups excluding carboxylic acids is 1. The number of rotatable bonds is 5. The molecule has 98 valence electrons. The van der Waals surface area contributed by atoms with Gasteiger partial charge in [0.2, 0.25) is 5.91 Å². The molecule has 1 aliphatic heterocycles. The maximum absolute atomic E-state index is 11.8. The molecule has 1 fully saturated rings. The average molecular weight is 265 g/mol. The molecular formula is C14H19NO2S. The lowest BCUT2D eigenvalue weighted by Crippen LogP contribution is -2.51. The lowest BCUT2D eigenvalue weighted by Gasteiger charge is -2.38. The number of nitrogens with zero attached hydrogens (tertiary/aromatic N) is 1. The second-order valence-corrected chi connectivity index (χ2v) is 5.81. The van der Waals surface area contributed by atoms with E-state index in [1.807, 2.05) is 11.0 Å². The normalized spacial score (nSPS) is 15.6. The maximum atomic E-state index is 11.8. The minimum absolute atomic E-state index is 0.192. The smallest absolute Gasteiger partial charge is 0.232 e. The standard InChI is InChI=1S/C14H19NO2S/c1-11-3-2-4-12(5-11)9-18-10-14(17)15-6-13(7-15)8-16/h2-5,13,16H,6-10H2,1H3. The Kier molecular flexibility index (Phi) is 4.66. The van der Waals surface area contributed by atoms with Crippen LogP contribution in [0.25, 0.3) is 0 Å². The van der Waals surface area contributed by atoms with Gasteiger partial charge in [0.25, 0.3) is 0 Å². The van der Waals surface area contributed by atoms with E-state index in [1.165, 1.54) is 11.1 Å². The number of thioether (sulfide) groups is 1. The van der Waals surface area contributed by atoms with Crippen LogP contribution in [0, 0.1) is 12.8 Å². The highest BCUT2D eigenvalue weighted by Crippen LogP contribution is 2.18. The van der Waals surface area contributed by atoms with Gasteiger partial charge in [-0.1, -0.05) is 29.8 Å². The SMILES string of the molecule is Cc1cccc(CSCC(=O)N2CC(CO)C2)c1. The molecule has 1 aliphatic rings. The van der Waals surface area contributed by atoms with E-state index >= 15 is 0 Å². The van der Waals surface area contributed by atoms with Crippen LogP contribution in [0.2, 0.25) is 0 Å². The van der Waals surface area contributed by atoms with Crippen molar-refractivity contribution in [2.45, 2.75) is 12.7 Å². The predicted octanol–water partition coefficient (Wildman–Crippen LogP) is 1.68. The fourth-order valence-electron chi connectivity index (χ4n) is 2.04. The Labute approximate surface area is 112 Å². The van der Waals surface area contributed by atoms with Crippen molar-refractivity contribution in [3.05, 3.63) is 35.4 Å².